The maximum atomic E-state index is 12.8. The van der Waals surface area contributed by atoms with Gasteiger partial charge in [-0.25, -0.2) is 0 Å². The van der Waals surface area contributed by atoms with Gasteiger partial charge < -0.3 is 9.64 Å². The van der Waals surface area contributed by atoms with E-state index in [0.29, 0.717) is 18.7 Å². The van der Waals surface area contributed by atoms with E-state index >= 15 is 0 Å². The first-order valence-corrected chi connectivity index (χ1v) is 8.60. The molecule has 3 aromatic rings. The van der Waals surface area contributed by atoms with Gasteiger partial charge >= 0.3 is 0 Å². The van der Waals surface area contributed by atoms with Crippen LogP contribution < -0.4 is 4.74 Å². The smallest absolute Gasteiger partial charge is 0.253 e. The summed E-state index contributed by atoms with van der Waals surface area (Å²) in [5.74, 6) is 0.818. The predicted molar refractivity (Wildman–Crippen MR) is 95.1 cm³/mol. The van der Waals surface area contributed by atoms with Gasteiger partial charge in [0, 0.05) is 43.4 Å². The summed E-state index contributed by atoms with van der Waals surface area (Å²) < 4.78 is 7.72. The van der Waals surface area contributed by atoms with Gasteiger partial charge in [-0.15, -0.1) is 10.2 Å². The fourth-order valence-corrected chi connectivity index (χ4v) is 3.10. The van der Waals surface area contributed by atoms with Gasteiger partial charge in [0.05, 0.1) is 6.20 Å². The number of hydrogen-bond donors (Lipinski definition) is 0. The summed E-state index contributed by atoms with van der Waals surface area (Å²) in [6.45, 7) is 1.36. The van der Waals surface area contributed by atoms with Crippen LogP contribution in [0.4, 0.5) is 0 Å². The number of piperidine rings is 1. The Kier molecular flexibility index (Phi) is 4.59. The van der Waals surface area contributed by atoms with Crippen LogP contribution >= 0.6 is 0 Å². The maximum absolute atomic E-state index is 12.8. The molecule has 4 rings (SSSR count). The van der Waals surface area contributed by atoms with Crippen LogP contribution in [-0.4, -0.2) is 49.7 Å². The molecule has 7 heteroatoms. The van der Waals surface area contributed by atoms with Gasteiger partial charge in [0.15, 0.2) is 0 Å². The Morgan fingerprint density at radius 1 is 1.08 bits per heavy atom. The number of carbonyl (C=O) groups excluding carboxylic acids is 1. The lowest BCUT2D eigenvalue weighted by Gasteiger charge is -2.32. The maximum Gasteiger partial charge on any atom is 0.253 e. The molecule has 0 N–H and O–H groups in total. The van der Waals surface area contributed by atoms with Crippen LogP contribution in [0.3, 0.4) is 0 Å². The molecule has 0 atom stereocenters. The molecule has 1 saturated heterocycles. The van der Waals surface area contributed by atoms with Crippen molar-refractivity contribution in [2.75, 3.05) is 13.1 Å². The fraction of sp³-hybridized carbons (Fsp3) is 0.263. The summed E-state index contributed by atoms with van der Waals surface area (Å²) in [4.78, 5) is 18.8. The highest BCUT2D eigenvalue weighted by molar-refractivity contribution is 5.94. The van der Waals surface area contributed by atoms with Crippen molar-refractivity contribution in [3.63, 3.8) is 0 Å². The van der Waals surface area contributed by atoms with Crippen molar-refractivity contribution in [3.8, 4) is 11.4 Å². The molecular weight excluding hydrogens is 330 g/mol. The Morgan fingerprint density at radius 3 is 2.62 bits per heavy atom. The molecule has 0 saturated carbocycles. The molecule has 2 aromatic heterocycles. The Bertz CT molecular complexity index is 859. The van der Waals surface area contributed by atoms with E-state index < -0.39 is 0 Å². The second-order valence-corrected chi connectivity index (χ2v) is 6.22. The Hall–Kier alpha value is -3.22. The third kappa shape index (κ3) is 3.56. The van der Waals surface area contributed by atoms with Gasteiger partial charge in [-0.2, -0.15) is 0 Å². The van der Waals surface area contributed by atoms with E-state index in [2.05, 4.69) is 15.2 Å². The van der Waals surface area contributed by atoms with E-state index in [-0.39, 0.29) is 12.0 Å². The van der Waals surface area contributed by atoms with E-state index in [1.54, 1.807) is 29.6 Å². The molecular formula is C19H19N5O2. The fourth-order valence-electron chi connectivity index (χ4n) is 3.10. The molecule has 3 heterocycles. The van der Waals surface area contributed by atoms with Crippen molar-refractivity contribution in [1.82, 2.24) is 24.6 Å². The molecule has 1 amide bonds. The number of benzene rings is 1. The molecule has 0 bridgehead atoms. The van der Waals surface area contributed by atoms with Gasteiger partial charge in [-0.1, -0.05) is 6.07 Å². The van der Waals surface area contributed by atoms with Gasteiger partial charge in [0.2, 0.25) is 0 Å². The molecule has 132 valence electrons. The van der Waals surface area contributed by atoms with Crippen LogP contribution in [0.1, 0.15) is 23.2 Å². The third-order valence-corrected chi connectivity index (χ3v) is 4.48. The van der Waals surface area contributed by atoms with Crippen molar-refractivity contribution < 1.29 is 9.53 Å². The molecule has 0 radical (unpaired) electrons. The largest absolute Gasteiger partial charge is 0.489 e. The van der Waals surface area contributed by atoms with Crippen LogP contribution in [0.5, 0.6) is 5.75 Å². The third-order valence-electron chi connectivity index (χ3n) is 4.48. The van der Waals surface area contributed by atoms with Gasteiger partial charge in [0.1, 0.15) is 24.5 Å². The van der Waals surface area contributed by atoms with E-state index in [9.17, 15) is 4.79 Å². The molecule has 26 heavy (non-hydrogen) atoms. The second-order valence-electron chi connectivity index (χ2n) is 6.22. The summed E-state index contributed by atoms with van der Waals surface area (Å²) in [7, 11) is 0. The molecule has 1 aliphatic rings. The van der Waals surface area contributed by atoms with Crippen LogP contribution in [0.2, 0.25) is 0 Å². The first-order chi connectivity index (χ1) is 12.8. The average molecular weight is 349 g/mol. The van der Waals surface area contributed by atoms with E-state index in [0.717, 1.165) is 24.3 Å². The summed E-state index contributed by atoms with van der Waals surface area (Å²) in [6, 6.07) is 11.3. The molecule has 1 aliphatic heterocycles. The number of carbonyl (C=O) groups is 1. The minimum absolute atomic E-state index is 0.0414. The highest BCUT2D eigenvalue weighted by Gasteiger charge is 2.25. The number of hydrogen-bond acceptors (Lipinski definition) is 5. The lowest BCUT2D eigenvalue weighted by molar-refractivity contribution is 0.0595. The second kappa shape index (κ2) is 7.35. The molecule has 0 spiro atoms. The van der Waals surface area contributed by atoms with Crippen molar-refractivity contribution >= 4 is 5.91 Å². The summed E-state index contributed by atoms with van der Waals surface area (Å²) in [5, 5.41) is 7.61. The topological polar surface area (TPSA) is 73.1 Å². The standard InChI is InChI=1S/C19H19N5O2/c25-19(15-3-1-4-16(11-15)24-13-21-22-14-24)23-9-6-17(7-10-23)26-18-5-2-8-20-12-18/h1-5,8,11-14,17H,6-7,9-10H2. The van der Waals surface area contributed by atoms with E-state index in [1.165, 1.54) is 0 Å². The molecule has 0 unspecified atom stereocenters. The molecule has 7 nitrogen and oxygen atoms in total. The summed E-state index contributed by atoms with van der Waals surface area (Å²) >= 11 is 0. The zero-order valence-corrected chi connectivity index (χ0v) is 14.2. The van der Waals surface area contributed by atoms with E-state index in [1.807, 2.05) is 41.3 Å². The zero-order chi connectivity index (χ0) is 17.8. The van der Waals surface area contributed by atoms with Gasteiger partial charge in [0.25, 0.3) is 5.91 Å². The van der Waals surface area contributed by atoms with Crippen molar-refractivity contribution in [1.29, 1.82) is 0 Å². The SMILES string of the molecule is O=C(c1cccc(-n2cnnc2)c1)N1CCC(Oc2cccnc2)CC1. The van der Waals surface area contributed by atoms with Crippen LogP contribution in [0.25, 0.3) is 5.69 Å². The quantitative estimate of drug-likeness (QED) is 0.723. The number of likely N-dealkylation sites (tertiary alicyclic amines) is 1. The van der Waals surface area contributed by atoms with E-state index in [4.69, 9.17) is 4.74 Å². The average Bonchev–Trinajstić information content (AvgIpc) is 3.24. The minimum Gasteiger partial charge on any atom is -0.489 e. The lowest BCUT2D eigenvalue weighted by Crippen LogP contribution is -2.41. The highest BCUT2D eigenvalue weighted by atomic mass is 16.5. The molecule has 1 fully saturated rings. The number of pyridine rings is 1. The first-order valence-electron chi connectivity index (χ1n) is 8.60. The summed E-state index contributed by atoms with van der Waals surface area (Å²) in [6.07, 6.45) is 8.41. The monoisotopic (exact) mass is 349 g/mol. The van der Waals surface area contributed by atoms with Gasteiger partial charge in [-0.3, -0.25) is 14.3 Å². The Labute approximate surface area is 151 Å². The summed E-state index contributed by atoms with van der Waals surface area (Å²) in [5.41, 5.74) is 1.54. The normalized spacial score (nSPS) is 15.0. The number of amides is 1. The van der Waals surface area contributed by atoms with Crippen LogP contribution in [0.15, 0.2) is 61.4 Å². The minimum atomic E-state index is 0.0414. The van der Waals surface area contributed by atoms with Crippen molar-refractivity contribution in [3.05, 3.63) is 67.0 Å². The Balaban J connectivity index is 1.39. The van der Waals surface area contributed by atoms with Crippen LogP contribution in [0, 0.1) is 0 Å². The number of nitrogens with zero attached hydrogens (tertiary/aromatic N) is 5. The molecule has 1 aromatic carbocycles. The van der Waals surface area contributed by atoms with Crippen LogP contribution in [-0.2, 0) is 0 Å². The first kappa shape index (κ1) is 16.3. The zero-order valence-electron chi connectivity index (χ0n) is 14.2. The van der Waals surface area contributed by atoms with Crippen molar-refractivity contribution in [2.45, 2.75) is 18.9 Å². The number of rotatable bonds is 4. The highest BCUT2D eigenvalue weighted by Crippen LogP contribution is 2.20. The van der Waals surface area contributed by atoms with Crippen molar-refractivity contribution in [2.24, 2.45) is 0 Å². The lowest BCUT2D eigenvalue weighted by atomic mass is 10.1. The predicted octanol–water partition coefficient (Wildman–Crippen LogP) is 2.35. The molecule has 0 aliphatic carbocycles. The Morgan fingerprint density at radius 2 is 1.88 bits per heavy atom. The van der Waals surface area contributed by atoms with Gasteiger partial charge in [-0.05, 0) is 30.3 Å². The number of aromatic nitrogens is 4. The number of ether oxygens (including phenoxy) is 1.